The van der Waals surface area contributed by atoms with Crippen LogP contribution in [0.4, 0.5) is 0 Å². The number of hydrogen-bond acceptors (Lipinski definition) is 0. The second-order valence-electron chi connectivity index (χ2n) is 3.04. The molecule has 0 bridgehead atoms. The van der Waals surface area contributed by atoms with Crippen LogP contribution in [0.3, 0.4) is 0 Å². The van der Waals surface area contributed by atoms with Crippen molar-refractivity contribution in [3.63, 3.8) is 0 Å². The average molecular weight is 227 g/mol. The Labute approximate surface area is 95.3 Å². The summed E-state index contributed by atoms with van der Waals surface area (Å²) >= 11 is 1.47. The molecule has 2 rings (SSSR count). The van der Waals surface area contributed by atoms with Crippen LogP contribution in [0.2, 0.25) is 0 Å². The molecule has 0 aromatic heterocycles. The van der Waals surface area contributed by atoms with Gasteiger partial charge in [-0.3, -0.25) is 0 Å². The molecule has 2 heteroatoms. The Balaban J connectivity index is 0.000000396. The quantitative estimate of drug-likeness (QED) is 0.591. The first-order valence-electron chi connectivity index (χ1n) is 4.09. The Morgan fingerprint density at radius 3 is 2.31 bits per heavy atom. The topological polar surface area (TPSA) is 0 Å². The van der Waals surface area contributed by atoms with Crippen LogP contribution in [-0.2, 0) is 19.4 Å². The monoisotopic (exact) mass is 226 g/mol. The molecular weight excluding hydrogens is 215 g/mol. The Morgan fingerprint density at radius 1 is 1.08 bits per heavy atom. The van der Waals surface area contributed by atoms with Gasteiger partial charge in [0.2, 0.25) is 0 Å². The van der Waals surface area contributed by atoms with Crippen LogP contribution in [0.1, 0.15) is 25.0 Å². The average Bonchev–Trinajstić information content (AvgIpc) is 2.47. The third-order valence-electron chi connectivity index (χ3n) is 2.33. The van der Waals surface area contributed by atoms with E-state index in [1.165, 1.54) is 41.6 Å². The van der Waals surface area contributed by atoms with Crippen molar-refractivity contribution in [2.24, 2.45) is 0 Å². The van der Waals surface area contributed by atoms with E-state index in [4.69, 9.17) is 0 Å². The van der Waals surface area contributed by atoms with E-state index in [9.17, 15) is 0 Å². The number of rotatable bonds is 0. The van der Waals surface area contributed by atoms with Crippen molar-refractivity contribution in [1.29, 1.82) is 0 Å². The van der Waals surface area contributed by atoms with Crippen LogP contribution in [0.25, 0.3) is 5.57 Å². The van der Waals surface area contributed by atoms with Crippen molar-refractivity contribution in [1.82, 2.24) is 0 Å². The molecular formula is C11H11ClTi. The van der Waals surface area contributed by atoms with Gasteiger partial charge in [-0.05, 0) is 30.5 Å². The van der Waals surface area contributed by atoms with Crippen molar-refractivity contribution in [2.45, 2.75) is 13.8 Å². The van der Waals surface area contributed by atoms with E-state index in [2.05, 4.69) is 53.8 Å². The van der Waals surface area contributed by atoms with Crippen molar-refractivity contribution in [2.75, 3.05) is 0 Å². The molecule has 1 aliphatic carbocycles. The molecule has 66 valence electrons. The van der Waals surface area contributed by atoms with Crippen LogP contribution >= 0.6 is 9.30 Å². The van der Waals surface area contributed by atoms with Gasteiger partial charge in [0.05, 0.1) is 0 Å². The predicted molar refractivity (Wildman–Crippen MR) is 54.0 cm³/mol. The van der Waals surface area contributed by atoms with E-state index < -0.39 is 0 Å². The van der Waals surface area contributed by atoms with E-state index >= 15 is 0 Å². The van der Waals surface area contributed by atoms with Gasteiger partial charge in [-0.15, -0.1) is 0 Å². The Morgan fingerprint density at radius 2 is 1.69 bits per heavy atom. The van der Waals surface area contributed by atoms with Crippen LogP contribution in [0, 0.1) is 6.42 Å². The minimum atomic E-state index is 1.36. The fraction of sp³-hybridized carbons (Fsp3) is 0.182. The predicted octanol–water partition coefficient (Wildman–Crippen LogP) is 3.73. The summed E-state index contributed by atoms with van der Waals surface area (Å²) in [5.74, 6) is 0. The summed E-state index contributed by atoms with van der Waals surface area (Å²) in [6, 6.07) is 8.52. The molecule has 1 radical (unpaired) electrons. The molecule has 0 nitrogen and oxygen atoms in total. The van der Waals surface area contributed by atoms with Crippen molar-refractivity contribution in [3.8, 4) is 0 Å². The molecule has 0 saturated heterocycles. The van der Waals surface area contributed by atoms with E-state index in [0.29, 0.717) is 0 Å². The molecule has 13 heavy (non-hydrogen) atoms. The first kappa shape index (κ1) is 11.0. The molecule has 0 atom stereocenters. The van der Waals surface area contributed by atoms with Gasteiger partial charge in [0.1, 0.15) is 0 Å². The Hall–Kier alpha value is -0.0357. The van der Waals surface area contributed by atoms with Gasteiger partial charge in [0.15, 0.2) is 0 Å². The third kappa shape index (κ3) is 2.25. The van der Waals surface area contributed by atoms with E-state index in [-0.39, 0.29) is 0 Å². The van der Waals surface area contributed by atoms with Crippen molar-refractivity contribution < 1.29 is 19.4 Å². The fourth-order valence-electron chi connectivity index (χ4n) is 1.52. The van der Waals surface area contributed by atoms with Gasteiger partial charge in [-0.1, -0.05) is 29.8 Å². The normalized spacial score (nSPS) is 13.4. The van der Waals surface area contributed by atoms with E-state index in [1.54, 1.807) is 0 Å². The van der Waals surface area contributed by atoms with Gasteiger partial charge in [-0.25, -0.2) is 0 Å². The summed E-state index contributed by atoms with van der Waals surface area (Å²) in [6.45, 7) is 4.34. The molecule has 0 amide bonds. The molecule has 0 unspecified atom stereocenters. The molecule has 0 fully saturated rings. The Kier molecular flexibility index (Phi) is 4.24. The van der Waals surface area contributed by atoms with Crippen LogP contribution in [-0.4, -0.2) is 0 Å². The van der Waals surface area contributed by atoms with Gasteiger partial charge in [0, 0.05) is 6.42 Å². The van der Waals surface area contributed by atoms with Gasteiger partial charge in [-0.2, -0.15) is 0 Å². The summed E-state index contributed by atoms with van der Waals surface area (Å²) in [5.41, 5.74) is 5.57. The molecule has 0 heterocycles. The zero-order chi connectivity index (χ0) is 9.84. The molecule has 0 saturated carbocycles. The standard InChI is InChI=1S/C11H11.ClH.Ti/c1-8-7-10-5-3-4-6-11(10)9(8)2;;/h3-7H,1-2H3;1H;/q;;+1/p-1. The first-order chi connectivity index (χ1) is 6.29. The minimum absolute atomic E-state index is 1.36. The second-order valence-corrected chi connectivity index (χ2v) is 3.04. The third-order valence-corrected chi connectivity index (χ3v) is 2.33. The fourth-order valence-corrected chi connectivity index (χ4v) is 1.52. The second kappa shape index (κ2) is 5.00. The van der Waals surface area contributed by atoms with Crippen molar-refractivity contribution >= 4 is 14.9 Å². The van der Waals surface area contributed by atoms with Crippen LogP contribution in [0.15, 0.2) is 29.8 Å². The molecule has 0 spiro atoms. The maximum atomic E-state index is 4.64. The van der Waals surface area contributed by atoms with Crippen LogP contribution in [0.5, 0.6) is 0 Å². The number of allylic oxidation sites excluding steroid dienone is 2. The van der Waals surface area contributed by atoms with Crippen LogP contribution < -0.4 is 0 Å². The van der Waals surface area contributed by atoms with E-state index in [1.807, 2.05) is 0 Å². The molecule has 1 aromatic rings. The number of benzene rings is 1. The van der Waals surface area contributed by atoms with Gasteiger partial charge >= 0.3 is 28.7 Å². The zero-order valence-corrected chi connectivity index (χ0v) is 10.1. The summed E-state index contributed by atoms with van der Waals surface area (Å²) < 4.78 is 0. The molecule has 0 aliphatic heterocycles. The number of hydrogen-bond donors (Lipinski definition) is 0. The summed E-state index contributed by atoms with van der Waals surface area (Å²) in [5, 5.41) is 0. The Bertz CT molecular complexity index is 329. The summed E-state index contributed by atoms with van der Waals surface area (Å²) in [4.78, 5) is 0. The first-order valence-corrected chi connectivity index (χ1v) is 6.24. The van der Waals surface area contributed by atoms with Gasteiger partial charge < -0.3 is 0 Å². The zero-order valence-electron chi connectivity index (χ0n) is 7.76. The van der Waals surface area contributed by atoms with Gasteiger partial charge in [0.25, 0.3) is 0 Å². The van der Waals surface area contributed by atoms with E-state index in [0.717, 1.165) is 0 Å². The van der Waals surface area contributed by atoms with Crippen molar-refractivity contribution in [3.05, 3.63) is 47.4 Å². The maximum absolute atomic E-state index is 4.64. The number of fused-ring (bicyclic) bond motifs is 1. The summed E-state index contributed by atoms with van der Waals surface area (Å²) in [7, 11) is 4.64. The molecule has 1 aromatic carbocycles. The number of halogens is 1. The SMILES string of the molecule is CC1=C(C)c2ccccc2[CH]1.[Cl][Ti]. The molecule has 0 N–H and O–H groups in total. The molecule has 1 aliphatic rings. The summed E-state index contributed by atoms with van der Waals surface area (Å²) in [6.07, 6.45) is 2.24.